The van der Waals surface area contributed by atoms with E-state index in [1.54, 1.807) is 0 Å². The molecule has 0 bridgehead atoms. The van der Waals surface area contributed by atoms with E-state index in [-0.39, 0.29) is 22.4 Å². The molecule has 2 fully saturated rings. The van der Waals surface area contributed by atoms with E-state index in [0.717, 1.165) is 11.1 Å². The molecule has 0 unspecified atom stereocenters. The third-order valence-electron chi connectivity index (χ3n) is 8.76. The fraction of sp³-hybridized carbons (Fsp3) is 0.680. The summed E-state index contributed by atoms with van der Waals surface area (Å²) in [6.07, 6.45) is 0. The summed E-state index contributed by atoms with van der Waals surface area (Å²) in [7, 11) is 1.32. The summed E-state index contributed by atoms with van der Waals surface area (Å²) in [5.74, 6) is 0. The van der Waals surface area contributed by atoms with Gasteiger partial charge in [0.2, 0.25) is 0 Å². The maximum absolute atomic E-state index is 6.47. The highest BCUT2D eigenvalue weighted by Crippen LogP contribution is 2.40. The largest absolute Gasteiger partial charge is 0.512 e. The lowest BCUT2D eigenvalue weighted by molar-refractivity contribution is 0.00578. The maximum Gasteiger partial charge on any atom is 0.512 e. The fourth-order valence-corrected chi connectivity index (χ4v) is 5.15. The second-order valence-electron chi connectivity index (χ2n) is 11.8. The van der Waals surface area contributed by atoms with Crippen LogP contribution < -0.4 is 11.1 Å². The summed E-state index contributed by atoms with van der Waals surface area (Å²) in [6, 6.07) is 0. The van der Waals surface area contributed by atoms with Gasteiger partial charge >= 0.3 is 14.2 Å². The molecule has 1 aromatic heterocycles. The van der Waals surface area contributed by atoms with Crippen LogP contribution in [0.4, 0.5) is 0 Å². The Labute approximate surface area is 194 Å². The number of hydrogen-bond acceptors (Lipinski definition) is 4. The van der Waals surface area contributed by atoms with Gasteiger partial charge in [0.05, 0.1) is 33.5 Å². The van der Waals surface area contributed by atoms with Gasteiger partial charge in [-0.15, -0.1) is 0 Å². The number of aryl methyl sites for hydroxylation is 4. The average Bonchev–Trinajstić information content (AvgIpc) is 3.09. The van der Waals surface area contributed by atoms with Gasteiger partial charge in [-0.1, -0.05) is 0 Å². The molecule has 0 atom stereocenters. The highest BCUT2D eigenvalue weighted by atomic mass is 16.7. The molecule has 0 amide bonds. The lowest BCUT2D eigenvalue weighted by atomic mass is 9.71. The van der Waals surface area contributed by atoms with Gasteiger partial charge < -0.3 is 23.2 Å². The SMILES string of the molecule is Cc1c(B2OC(C)(C)C(C)(C)O2)c(C)c2c(c1C)c(C)c(B1OC(C)(C)C(C)(C)O1)n2C. The van der Waals surface area contributed by atoms with Gasteiger partial charge in [0.25, 0.3) is 0 Å². The van der Waals surface area contributed by atoms with Crippen molar-refractivity contribution in [2.45, 2.75) is 105 Å². The quantitative estimate of drug-likeness (QED) is 0.664. The molecule has 5 nitrogen and oxygen atoms in total. The molecule has 0 N–H and O–H groups in total. The van der Waals surface area contributed by atoms with Gasteiger partial charge in [-0.05, 0) is 111 Å². The highest BCUT2D eigenvalue weighted by Gasteiger charge is 2.54. The predicted molar refractivity (Wildman–Crippen MR) is 133 cm³/mol. The minimum Gasteiger partial charge on any atom is -0.399 e. The van der Waals surface area contributed by atoms with Crippen molar-refractivity contribution in [1.82, 2.24) is 4.57 Å². The van der Waals surface area contributed by atoms with Crippen LogP contribution in [0, 0.1) is 27.7 Å². The molecule has 2 aliphatic rings. The smallest absolute Gasteiger partial charge is 0.399 e. The Morgan fingerprint density at radius 2 is 0.969 bits per heavy atom. The van der Waals surface area contributed by atoms with Crippen LogP contribution in [0.2, 0.25) is 0 Å². The molecule has 0 saturated carbocycles. The predicted octanol–water partition coefficient (Wildman–Crippen LogP) is 4.01. The second kappa shape index (κ2) is 6.88. The molecular weight excluding hydrogens is 400 g/mol. The summed E-state index contributed by atoms with van der Waals surface area (Å²) in [4.78, 5) is 0. The van der Waals surface area contributed by atoms with E-state index in [4.69, 9.17) is 18.6 Å². The molecule has 0 aliphatic carbocycles. The summed E-state index contributed by atoms with van der Waals surface area (Å²) < 4.78 is 28.1. The number of rotatable bonds is 2. The molecule has 1 aromatic carbocycles. The molecule has 2 aromatic rings. The minimum absolute atomic E-state index is 0.378. The molecule has 0 radical (unpaired) electrons. The van der Waals surface area contributed by atoms with Crippen molar-refractivity contribution in [3.8, 4) is 0 Å². The Balaban J connectivity index is 1.92. The monoisotopic (exact) mass is 439 g/mol. The van der Waals surface area contributed by atoms with Gasteiger partial charge in [0.1, 0.15) is 0 Å². The number of fused-ring (bicyclic) bond motifs is 1. The topological polar surface area (TPSA) is 41.9 Å². The van der Waals surface area contributed by atoms with Gasteiger partial charge in [-0.2, -0.15) is 0 Å². The van der Waals surface area contributed by atoms with Crippen molar-refractivity contribution >= 4 is 36.2 Å². The maximum atomic E-state index is 6.47. The normalized spacial score (nSPS) is 23.5. The van der Waals surface area contributed by atoms with Gasteiger partial charge in [-0.3, -0.25) is 0 Å². The van der Waals surface area contributed by atoms with Crippen molar-refractivity contribution in [1.29, 1.82) is 0 Å². The van der Waals surface area contributed by atoms with Crippen LogP contribution in [0.25, 0.3) is 10.9 Å². The molecule has 0 spiro atoms. The molecule has 2 saturated heterocycles. The molecular formula is C25H39B2NO4. The summed E-state index contributed by atoms with van der Waals surface area (Å²) in [6.45, 7) is 25.6. The van der Waals surface area contributed by atoms with Crippen LogP contribution in [0.1, 0.15) is 77.6 Å². The summed E-state index contributed by atoms with van der Waals surface area (Å²) >= 11 is 0. The first-order valence-corrected chi connectivity index (χ1v) is 11.7. The molecule has 2 aliphatic heterocycles. The Morgan fingerprint density at radius 1 is 0.562 bits per heavy atom. The lowest BCUT2D eigenvalue weighted by Gasteiger charge is -2.32. The number of hydrogen-bond donors (Lipinski definition) is 0. The molecule has 32 heavy (non-hydrogen) atoms. The van der Waals surface area contributed by atoms with E-state index < -0.39 is 14.2 Å². The fourth-order valence-electron chi connectivity index (χ4n) is 5.15. The van der Waals surface area contributed by atoms with E-state index in [9.17, 15) is 0 Å². The second-order valence-corrected chi connectivity index (χ2v) is 11.8. The molecule has 3 heterocycles. The highest BCUT2D eigenvalue weighted by molar-refractivity contribution is 6.64. The van der Waals surface area contributed by atoms with E-state index in [2.05, 4.69) is 94.7 Å². The third kappa shape index (κ3) is 3.08. The van der Waals surface area contributed by atoms with Crippen LogP contribution >= 0.6 is 0 Å². The minimum atomic E-state index is -0.406. The van der Waals surface area contributed by atoms with Crippen LogP contribution in [-0.2, 0) is 25.7 Å². The zero-order valence-electron chi connectivity index (χ0n) is 22.2. The number of aromatic nitrogens is 1. The van der Waals surface area contributed by atoms with Crippen molar-refractivity contribution in [2.75, 3.05) is 0 Å². The van der Waals surface area contributed by atoms with E-state index in [1.807, 2.05) is 0 Å². The molecule has 4 rings (SSSR count). The Bertz CT molecular complexity index is 1080. The first-order chi connectivity index (χ1) is 14.4. The van der Waals surface area contributed by atoms with Crippen molar-refractivity contribution in [3.63, 3.8) is 0 Å². The van der Waals surface area contributed by atoms with Crippen LogP contribution in [0.15, 0.2) is 0 Å². The standard InChI is InChI=1S/C25H39B2NO4/c1-14-15(2)19(26-29-22(5,6)23(7,8)30-26)17(4)20-18(14)16(3)21(28(20)13)27-31-24(9,10)25(11,12)32-27/h1-13H3. The van der Waals surface area contributed by atoms with Crippen molar-refractivity contribution < 1.29 is 18.6 Å². The van der Waals surface area contributed by atoms with Crippen LogP contribution in [-0.4, -0.2) is 41.2 Å². The Hall–Kier alpha value is -1.27. The average molecular weight is 439 g/mol. The lowest BCUT2D eigenvalue weighted by Crippen LogP contribution is -2.41. The first kappa shape index (κ1) is 23.9. The zero-order chi connectivity index (χ0) is 24.2. The van der Waals surface area contributed by atoms with Crippen molar-refractivity contribution in [2.24, 2.45) is 7.05 Å². The third-order valence-corrected chi connectivity index (χ3v) is 8.76. The Kier molecular flexibility index (Phi) is 5.13. The van der Waals surface area contributed by atoms with Crippen LogP contribution in [0.5, 0.6) is 0 Å². The van der Waals surface area contributed by atoms with E-state index in [1.165, 1.54) is 33.2 Å². The first-order valence-electron chi connectivity index (χ1n) is 11.7. The molecule has 7 heteroatoms. The van der Waals surface area contributed by atoms with Gasteiger partial charge in [-0.25, -0.2) is 0 Å². The Morgan fingerprint density at radius 3 is 1.41 bits per heavy atom. The summed E-state index contributed by atoms with van der Waals surface area (Å²) in [5, 5.41) is 1.27. The van der Waals surface area contributed by atoms with Crippen molar-refractivity contribution in [3.05, 3.63) is 22.3 Å². The van der Waals surface area contributed by atoms with E-state index >= 15 is 0 Å². The number of benzene rings is 1. The molecule has 174 valence electrons. The van der Waals surface area contributed by atoms with Crippen LogP contribution in [0.3, 0.4) is 0 Å². The van der Waals surface area contributed by atoms with E-state index in [0.29, 0.717) is 0 Å². The zero-order valence-corrected chi connectivity index (χ0v) is 22.2. The number of nitrogens with zero attached hydrogens (tertiary/aromatic N) is 1. The van der Waals surface area contributed by atoms with Gasteiger partial charge in [0.15, 0.2) is 0 Å². The van der Waals surface area contributed by atoms with Gasteiger partial charge in [0, 0.05) is 12.4 Å². The summed E-state index contributed by atoms with van der Waals surface area (Å²) in [5.41, 5.74) is 6.77.